The molecule has 78 valence electrons. The van der Waals surface area contributed by atoms with Gasteiger partial charge < -0.3 is 9.32 Å². The molecule has 0 radical (unpaired) electrons. The molecule has 0 aromatic carbocycles. The van der Waals surface area contributed by atoms with Crippen molar-refractivity contribution in [3.8, 4) is 0 Å². The molecule has 0 aliphatic rings. The summed E-state index contributed by atoms with van der Waals surface area (Å²) < 4.78 is 5.17. The molecule has 0 aliphatic heterocycles. The lowest BCUT2D eigenvalue weighted by Crippen LogP contribution is -2.32. The van der Waals surface area contributed by atoms with Crippen molar-refractivity contribution in [2.24, 2.45) is 0 Å². The van der Waals surface area contributed by atoms with Crippen molar-refractivity contribution in [2.75, 3.05) is 13.3 Å². The fourth-order valence-corrected chi connectivity index (χ4v) is 1.51. The lowest BCUT2D eigenvalue weighted by molar-refractivity contribution is -0.129. The number of nitrogens with zero attached hydrogens (tertiary/aromatic N) is 1. The molecule has 1 atom stereocenters. The Balaban J connectivity index is 2.50. The van der Waals surface area contributed by atoms with Crippen molar-refractivity contribution in [1.29, 1.82) is 0 Å². The molecular formula is C10H15NO2S. The summed E-state index contributed by atoms with van der Waals surface area (Å²) in [5, 5.41) is 0.00922. The number of hydrogen-bond donors (Lipinski definition) is 0. The van der Waals surface area contributed by atoms with Gasteiger partial charge in [0, 0.05) is 7.05 Å². The Morgan fingerprint density at radius 1 is 1.71 bits per heavy atom. The third-order valence-corrected chi connectivity index (χ3v) is 2.96. The number of rotatable bonds is 4. The van der Waals surface area contributed by atoms with Crippen LogP contribution < -0.4 is 0 Å². The summed E-state index contributed by atoms with van der Waals surface area (Å²) in [6.45, 7) is 2.45. The van der Waals surface area contributed by atoms with Gasteiger partial charge in [-0.25, -0.2) is 0 Å². The molecule has 0 aliphatic carbocycles. The number of carbonyl (C=O) groups is 1. The summed E-state index contributed by atoms with van der Waals surface area (Å²) in [6, 6.07) is 3.69. The first kappa shape index (κ1) is 11.2. The van der Waals surface area contributed by atoms with Gasteiger partial charge in [0.25, 0.3) is 0 Å². The van der Waals surface area contributed by atoms with E-state index in [4.69, 9.17) is 4.42 Å². The van der Waals surface area contributed by atoms with Crippen LogP contribution in [0.15, 0.2) is 22.8 Å². The van der Waals surface area contributed by atoms with Crippen LogP contribution in [0.1, 0.15) is 12.7 Å². The molecule has 0 fully saturated rings. The van der Waals surface area contributed by atoms with Crippen LogP contribution in [-0.4, -0.2) is 29.4 Å². The van der Waals surface area contributed by atoms with Gasteiger partial charge in [0.2, 0.25) is 5.91 Å². The Hall–Kier alpha value is -0.900. The molecule has 4 heteroatoms. The van der Waals surface area contributed by atoms with E-state index in [-0.39, 0.29) is 11.2 Å². The smallest absolute Gasteiger partial charge is 0.235 e. The van der Waals surface area contributed by atoms with Crippen molar-refractivity contribution >= 4 is 17.7 Å². The minimum Gasteiger partial charge on any atom is -0.467 e. The minimum absolute atomic E-state index is 0.00922. The summed E-state index contributed by atoms with van der Waals surface area (Å²) in [4.78, 5) is 13.3. The molecule has 3 nitrogen and oxygen atoms in total. The molecule has 0 saturated heterocycles. The second-order valence-corrected chi connectivity index (χ2v) is 4.33. The zero-order chi connectivity index (χ0) is 10.6. The molecule has 1 rings (SSSR count). The quantitative estimate of drug-likeness (QED) is 0.767. The SMILES string of the molecule is CS[C@H](C)C(=O)N(C)Cc1ccco1. The van der Waals surface area contributed by atoms with E-state index in [9.17, 15) is 4.79 Å². The van der Waals surface area contributed by atoms with Gasteiger partial charge in [0.15, 0.2) is 0 Å². The maximum atomic E-state index is 11.7. The van der Waals surface area contributed by atoms with Crippen LogP contribution in [0.2, 0.25) is 0 Å². The lowest BCUT2D eigenvalue weighted by Gasteiger charge is -2.18. The summed E-state index contributed by atoms with van der Waals surface area (Å²) >= 11 is 1.55. The van der Waals surface area contributed by atoms with Gasteiger partial charge in [0.1, 0.15) is 5.76 Å². The minimum atomic E-state index is 0.00922. The summed E-state index contributed by atoms with van der Waals surface area (Å²) in [5.74, 6) is 0.947. The third kappa shape index (κ3) is 2.80. The van der Waals surface area contributed by atoms with Gasteiger partial charge in [-0.15, -0.1) is 0 Å². The molecule has 0 unspecified atom stereocenters. The number of carbonyl (C=O) groups excluding carboxylic acids is 1. The molecule has 1 amide bonds. The molecular weight excluding hydrogens is 198 g/mol. The third-order valence-electron chi connectivity index (χ3n) is 2.05. The average Bonchev–Trinajstić information content (AvgIpc) is 2.68. The Labute approximate surface area is 88.5 Å². The first-order valence-corrected chi connectivity index (χ1v) is 5.74. The zero-order valence-corrected chi connectivity index (χ0v) is 9.50. The van der Waals surface area contributed by atoms with Crippen LogP contribution in [0, 0.1) is 0 Å². The fourth-order valence-electron chi connectivity index (χ4n) is 1.13. The molecule has 0 N–H and O–H groups in total. The first-order chi connectivity index (χ1) is 6.65. The highest BCUT2D eigenvalue weighted by molar-refractivity contribution is 7.99. The first-order valence-electron chi connectivity index (χ1n) is 4.45. The van der Waals surface area contributed by atoms with Crippen molar-refractivity contribution in [1.82, 2.24) is 4.90 Å². The van der Waals surface area contributed by atoms with E-state index in [0.717, 1.165) is 5.76 Å². The molecule has 0 saturated carbocycles. The highest BCUT2D eigenvalue weighted by atomic mass is 32.2. The van der Waals surface area contributed by atoms with E-state index in [2.05, 4.69) is 0 Å². The monoisotopic (exact) mass is 213 g/mol. The van der Waals surface area contributed by atoms with Gasteiger partial charge >= 0.3 is 0 Å². The predicted molar refractivity (Wildman–Crippen MR) is 58.2 cm³/mol. The van der Waals surface area contributed by atoms with E-state index in [1.807, 2.05) is 25.3 Å². The predicted octanol–water partition coefficient (Wildman–Crippen LogP) is 1.99. The standard InChI is InChI=1S/C10H15NO2S/c1-8(14-3)10(12)11(2)7-9-5-4-6-13-9/h4-6,8H,7H2,1-3H3/t8-/m1/s1. The highest BCUT2D eigenvalue weighted by Gasteiger charge is 2.16. The van der Waals surface area contributed by atoms with E-state index >= 15 is 0 Å². The second kappa shape index (κ2) is 5.10. The van der Waals surface area contributed by atoms with Crippen molar-refractivity contribution in [2.45, 2.75) is 18.7 Å². The van der Waals surface area contributed by atoms with E-state index < -0.39 is 0 Å². The fraction of sp³-hybridized carbons (Fsp3) is 0.500. The summed E-state index contributed by atoms with van der Waals surface area (Å²) in [5.41, 5.74) is 0. The molecule has 0 spiro atoms. The average molecular weight is 213 g/mol. The van der Waals surface area contributed by atoms with Crippen LogP contribution >= 0.6 is 11.8 Å². The zero-order valence-electron chi connectivity index (χ0n) is 8.69. The number of furan rings is 1. The Morgan fingerprint density at radius 3 is 2.93 bits per heavy atom. The molecule has 1 aromatic heterocycles. The largest absolute Gasteiger partial charge is 0.467 e. The van der Waals surface area contributed by atoms with E-state index in [0.29, 0.717) is 6.54 Å². The van der Waals surface area contributed by atoms with Crippen molar-refractivity contribution < 1.29 is 9.21 Å². The van der Waals surface area contributed by atoms with Crippen LogP contribution in [0.3, 0.4) is 0 Å². The van der Waals surface area contributed by atoms with Gasteiger partial charge in [-0.3, -0.25) is 4.79 Å². The van der Waals surface area contributed by atoms with Crippen molar-refractivity contribution in [3.63, 3.8) is 0 Å². The number of hydrogen-bond acceptors (Lipinski definition) is 3. The highest BCUT2D eigenvalue weighted by Crippen LogP contribution is 2.11. The maximum absolute atomic E-state index is 11.7. The second-order valence-electron chi connectivity index (χ2n) is 3.15. The maximum Gasteiger partial charge on any atom is 0.235 e. The van der Waals surface area contributed by atoms with Gasteiger partial charge in [-0.05, 0) is 25.3 Å². The number of amides is 1. The van der Waals surface area contributed by atoms with Gasteiger partial charge in [-0.1, -0.05) is 0 Å². The Morgan fingerprint density at radius 2 is 2.43 bits per heavy atom. The summed E-state index contributed by atoms with van der Waals surface area (Å²) in [7, 11) is 1.79. The van der Waals surface area contributed by atoms with Crippen LogP contribution in [0.4, 0.5) is 0 Å². The lowest BCUT2D eigenvalue weighted by atomic mass is 10.3. The molecule has 1 heterocycles. The van der Waals surface area contributed by atoms with Gasteiger partial charge in [0.05, 0.1) is 18.1 Å². The number of thioether (sulfide) groups is 1. The van der Waals surface area contributed by atoms with Crippen LogP contribution in [0.5, 0.6) is 0 Å². The van der Waals surface area contributed by atoms with E-state index in [1.165, 1.54) is 0 Å². The summed E-state index contributed by atoms with van der Waals surface area (Å²) in [6.07, 6.45) is 3.55. The topological polar surface area (TPSA) is 33.5 Å². The van der Waals surface area contributed by atoms with Gasteiger partial charge in [-0.2, -0.15) is 11.8 Å². The van der Waals surface area contributed by atoms with Crippen LogP contribution in [0.25, 0.3) is 0 Å². The Kier molecular flexibility index (Phi) is 4.07. The van der Waals surface area contributed by atoms with Crippen LogP contribution in [-0.2, 0) is 11.3 Å². The molecule has 1 aromatic rings. The van der Waals surface area contributed by atoms with Crippen molar-refractivity contribution in [3.05, 3.63) is 24.2 Å². The Bertz CT molecular complexity index is 284. The molecule has 0 bridgehead atoms. The normalized spacial score (nSPS) is 12.5. The molecule has 14 heavy (non-hydrogen) atoms. The van der Waals surface area contributed by atoms with E-state index in [1.54, 1.807) is 30.0 Å².